The molecule has 0 aliphatic rings. The Morgan fingerprint density at radius 2 is 1.61 bits per heavy atom. The van der Waals surface area contributed by atoms with Crippen LogP contribution in [0.2, 0.25) is 0 Å². The third kappa shape index (κ3) is 5.00. The minimum Gasteiger partial charge on any atom is -0.349 e. The third-order valence-corrected chi connectivity index (χ3v) is 5.69. The Labute approximate surface area is 184 Å². The van der Waals surface area contributed by atoms with Gasteiger partial charge in [0.15, 0.2) is 11.0 Å². The summed E-state index contributed by atoms with van der Waals surface area (Å²) in [7, 11) is 0. The van der Waals surface area contributed by atoms with E-state index >= 15 is 0 Å². The molecule has 7 heteroatoms. The molecule has 156 valence electrons. The maximum atomic E-state index is 13.4. The second-order valence-corrected chi connectivity index (χ2v) is 7.92. The monoisotopic (exact) mass is 432 g/mol. The summed E-state index contributed by atoms with van der Waals surface area (Å²) < 4.78 is 15.3. The van der Waals surface area contributed by atoms with Crippen LogP contribution in [0.1, 0.15) is 18.5 Å². The van der Waals surface area contributed by atoms with E-state index in [1.807, 2.05) is 72.2 Å². The van der Waals surface area contributed by atoms with Crippen LogP contribution in [0.3, 0.4) is 0 Å². The third-order valence-electron chi connectivity index (χ3n) is 4.76. The summed E-state index contributed by atoms with van der Waals surface area (Å²) in [6.45, 7) is 1.96. The van der Waals surface area contributed by atoms with E-state index in [9.17, 15) is 9.18 Å². The van der Waals surface area contributed by atoms with Gasteiger partial charge in [0.25, 0.3) is 0 Å². The molecule has 1 N–H and O–H groups in total. The molecular weight excluding hydrogens is 411 g/mol. The normalized spacial score (nSPS) is 11.8. The highest BCUT2D eigenvalue weighted by Crippen LogP contribution is 2.28. The zero-order valence-electron chi connectivity index (χ0n) is 16.9. The number of rotatable bonds is 7. The van der Waals surface area contributed by atoms with E-state index < -0.39 is 0 Å². The summed E-state index contributed by atoms with van der Waals surface area (Å²) in [5.41, 5.74) is 2.66. The average Bonchev–Trinajstić information content (AvgIpc) is 3.23. The largest absolute Gasteiger partial charge is 0.349 e. The van der Waals surface area contributed by atoms with Gasteiger partial charge in [-0.1, -0.05) is 60.3 Å². The fourth-order valence-corrected chi connectivity index (χ4v) is 3.96. The average molecular weight is 433 g/mol. The first-order chi connectivity index (χ1) is 15.1. The SMILES string of the molecule is CC(NC(=O)CSc1nnc(-c2ccc(F)cc2)n1-c1ccccc1)c1ccccc1. The number of benzene rings is 3. The van der Waals surface area contributed by atoms with E-state index in [0.29, 0.717) is 11.0 Å². The second kappa shape index (κ2) is 9.57. The van der Waals surface area contributed by atoms with Gasteiger partial charge >= 0.3 is 0 Å². The molecule has 4 aromatic rings. The van der Waals surface area contributed by atoms with Crippen molar-refractivity contribution in [1.82, 2.24) is 20.1 Å². The molecular formula is C24H21FN4OS. The molecule has 3 aromatic carbocycles. The lowest BCUT2D eigenvalue weighted by atomic mass is 10.1. The molecule has 0 aliphatic heterocycles. The Bertz CT molecular complexity index is 1150. The maximum absolute atomic E-state index is 13.4. The zero-order valence-corrected chi connectivity index (χ0v) is 17.7. The highest BCUT2D eigenvalue weighted by molar-refractivity contribution is 7.99. The summed E-state index contributed by atoms with van der Waals surface area (Å²) in [4.78, 5) is 12.5. The molecule has 0 saturated heterocycles. The Hall–Kier alpha value is -3.45. The Morgan fingerprint density at radius 3 is 2.29 bits per heavy atom. The Morgan fingerprint density at radius 1 is 0.968 bits per heavy atom. The lowest BCUT2D eigenvalue weighted by molar-refractivity contribution is -0.119. The van der Waals surface area contributed by atoms with Gasteiger partial charge < -0.3 is 5.32 Å². The lowest BCUT2D eigenvalue weighted by Crippen LogP contribution is -2.28. The highest BCUT2D eigenvalue weighted by Gasteiger charge is 2.18. The number of thioether (sulfide) groups is 1. The van der Waals surface area contributed by atoms with Crippen LogP contribution in [0.4, 0.5) is 4.39 Å². The standard InChI is InChI=1S/C24H21FN4OS/c1-17(18-8-4-2-5-9-18)26-22(30)16-31-24-28-27-23(19-12-14-20(25)15-13-19)29(24)21-10-6-3-7-11-21/h2-15,17H,16H2,1H3,(H,26,30). The molecule has 5 nitrogen and oxygen atoms in total. The van der Waals surface area contributed by atoms with Gasteiger partial charge in [-0.25, -0.2) is 4.39 Å². The Kier molecular flexibility index (Phi) is 6.43. The first-order valence-corrected chi connectivity index (χ1v) is 10.8. The van der Waals surface area contributed by atoms with Crippen molar-refractivity contribution in [3.8, 4) is 17.1 Å². The van der Waals surface area contributed by atoms with Gasteiger partial charge in [-0.2, -0.15) is 0 Å². The molecule has 1 heterocycles. The van der Waals surface area contributed by atoms with Crippen LogP contribution in [0.15, 0.2) is 90.1 Å². The van der Waals surface area contributed by atoms with Gasteiger partial charge in [0, 0.05) is 11.3 Å². The molecule has 0 fully saturated rings. The maximum Gasteiger partial charge on any atom is 0.230 e. The van der Waals surface area contributed by atoms with Gasteiger partial charge in [-0.05, 0) is 48.9 Å². The van der Waals surface area contributed by atoms with Gasteiger partial charge in [0.05, 0.1) is 11.8 Å². The number of amides is 1. The van der Waals surface area contributed by atoms with Crippen molar-refractivity contribution in [2.75, 3.05) is 5.75 Å². The smallest absolute Gasteiger partial charge is 0.230 e. The number of halogens is 1. The molecule has 1 unspecified atom stereocenters. The van der Waals surface area contributed by atoms with Crippen molar-refractivity contribution in [1.29, 1.82) is 0 Å². The van der Waals surface area contributed by atoms with Crippen molar-refractivity contribution >= 4 is 17.7 Å². The van der Waals surface area contributed by atoms with E-state index in [-0.39, 0.29) is 23.5 Å². The molecule has 1 atom stereocenters. The number of hydrogen-bond donors (Lipinski definition) is 1. The summed E-state index contributed by atoms with van der Waals surface area (Å²) in [5.74, 6) is 0.387. The number of nitrogens with one attached hydrogen (secondary N) is 1. The zero-order chi connectivity index (χ0) is 21.6. The number of hydrogen-bond acceptors (Lipinski definition) is 4. The fourth-order valence-electron chi connectivity index (χ4n) is 3.20. The van der Waals surface area contributed by atoms with Crippen LogP contribution in [-0.2, 0) is 4.79 Å². The highest BCUT2D eigenvalue weighted by atomic mass is 32.2. The topological polar surface area (TPSA) is 59.8 Å². The van der Waals surface area contributed by atoms with Crippen LogP contribution < -0.4 is 5.32 Å². The summed E-state index contributed by atoms with van der Waals surface area (Å²) in [6.07, 6.45) is 0. The number of carbonyl (C=O) groups is 1. The van der Waals surface area contributed by atoms with Crippen molar-refractivity contribution < 1.29 is 9.18 Å². The molecule has 0 radical (unpaired) electrons. The number of nitrogens with zero attached hydrogens (tertiary/aromatic N) is 3. The summed E-state index contributed by atoms with van der Waals surface area (Å²) in [6, 6.07) is 25.5. The van der Waals surface area contributed by atoms with Crippen LogP contribution in [0.25, 0.3) is 17.1 Å². The molecule has 0 spiro atoms. The quantitative estimate of drug-likeness (QED) is 0.416. The number of para-hydroxylation sites is 1. The van der Waals surface area contributed by atoms with Gasteiger partial charge in [0.1, 0.15) is 5.82 Å². The summed E-state index contributed by atoms with van der Waals surface area (Å²) in [5, 5.41) is 12.2. The van der Waals surface area contributed by atoms with E-state index in [4.69, 9.17) is 0 Å². The first-order valence-electron chi connectivity index (χ1n) is 9.85. The van der Waals surface area contributed by atoms with Crippen LogP contribution in [-0.4, -0.2) is 26.4 Å². The number of carbonyl (C=O) groups excluding carboxylic acids is 1. The van der Waals surface area contributed by atoms with Gasteiger partial charge in [-0.15, -0.1) is 10.2 Å². The number of aromatic nitrogens is 3. The molecule has 0 bridgehead atoms. The lowest BCUT2D eigenvalue weighted by Gasteiger charge is -2.14. The fraction of sp³-hybridized carbons (Fsp3) is 0.125. The van der Waals surface area contributed by atoms with Gasteiger partial charge in [-0.3, -0.25) is 9.36 Å². The predicted molar refractivity (Wildman–Crippen MR) is 120 cm³/mol. The molecule has 1 aromatic heterocycles. The van der Waals surface area contributed by atoms with Crippen LogP contribution >= 0.6 is 11.8 Å². The molecule has 1 amide bonds. The Balaban J connectivity index is 1.54. The van der Waals surface area contributed by atoms with Crippen molar-refractivity contribution in [3.63, 3.8) is 0 Å². The van der Waals surface area contributed by atoms with E-state index in [2.05, 4.69) is 15.5 Å². The van der Waals surface area contributed by atoms with Crippen LogP contribution in [0.5, 0.6) is 0 Å². The van der Waals surface area contributed by atoms with Crippen molar-refractivity contribution in [2.45, 2.75) is 18.1 Å². The minimum atomic E-state index is -0.312. The molecule has 31 heavy (non-hydrogen) atoms. The molecule has 0 aliphatic carbocycles. The first kappa shape index (κ1) is 20.8. The second-order valence-electron chi connectivity index (χ2n) is 6.97. The summed E-state index contributed by atoms with van der Waals surface area (Å²) >= 11 is 1.31. The van der Waals surface area contributed by atoms with E-state index in [0.717, 1.165) is 16.8 Å². The van der Waals surface area contributed by atoms with Crippen LogP contribution in [0, 0.1) is 5.82 Å². The minimum absolute atomic E-state index is 0.0870. The predicted octanol–water partition coefficient (Wildman–Crippen LogP) is 5.04. The molecule has 0 saturated carbocycles. The molecule has 4 rings (SSSR count). The van der Waals surface area contributed by atoms with Crippen molar-refractivity contribution in [3.05, 3.63) is 96.3 Å². The van der Waals surface area contributed by atoms with Gasteiger partial charge in [0.2, 0.25) is 5.91 Å². The van der Waals surface area contributed by atoms with E-state index in [1.54, 1.807) is 12.1 Å². The van der Waals surface area contributed by atoms with E-state index in [1.165, 1.54) is 23.9 Å². The van der Waals surface area contributed by atoms with Crippen molar-refractivity contribution in [2.24, 2.45) is 0 Å².